The molecule has 5 heteroatoms. The first kappa shape index (κ1) is 17.6. The van der Waals surface area contributed by atoms with E-state index < -0.39 is 0 Å². The van der Waals surface area contributed by atoms with Crippen molar-refractivity contribution < 1.29 is 4.39 Å². The van der Waals surface area contributed by atoms with Gasteiger partial charge in [-0.3, -0.25) is 4.98 Å². The molecule has 0 amide bonds. The minimum absolute atomic E-state index is 0. The molecule has 0 saturated carbocycles. The summed E-state index contributed by atoms with van der Waals surface area (Å²) >= 11 is 0. The second-order valence-corrected chi connectivity index (χ2v) is 3.28. The fourth-order valence-corrected chi connectivity index (χ4v) is 0.933. The van der Waals surface area contributed by atoms with Crippen LogP contribution < -0.4 is 5.73 Å². The van der Waals surface area contributed by atoms with Crippen LogP contribution in [0.3, 0.4) is 0 Å². The number of rotatable bonds is 1. The van der Waals surface area contributed by atoms with Crippen LogP contribution in [-0.2, 0) is 0 Å². The van der Waals surface area contributed by atoms with Gasteiger partial charge < -0.3 is 5.73 Å². The molecule has 0 aromatic carbocycles. The third-order valence-corrected chi connectivity index (χ3v) is 1.80. The smallest absolute Gasteiger partial charge is 0.145 e. The lowest BCUT2D eigenvalue weighted by molar-refractivity contribution is 0.611. The van der Waals surface area contributed by atoms with Crippen molar-refractivity contribution in [2.24, 2.45) is 5.73 Å². The summed E-state index contributed by atoms with van der Waals surface area (Å²) < 4.78 is 13.0. The molecule has 1 heterocycles. The van der Waals surface area contributed by atoms with Crippen molar-refractivity contribution in [2.75, 3.05) is 0 Å². The van der Waals surface area contributed by atoms with Crippen LogP contribution in [0.5, 0.6) is 0 Å². The van der Waals surface area contributed by atoms with E-state index in [1.807, 2.05) is 6.92 Å². The van der Waals surface area contributed by atoms with Crippen LogP contribution in [0, 0.1) is 24.6 Å². The van der Waals surface area contributed by atoms with Gasteiger partial charge in [0.1, 0.15) is 5.82 Å². The van der Waals surface area contributed by atoms with Crippen LogP contribution in [0.25, 0.3) is 0 Å². The monoisotopic (exact) mass is 264 g/mol. The Balaban J connectivity index is 0. The molecule has 1 atom stereocenters. The van der Waals surface area contributed by atoms with Gasteiger partial charge in [0.2, 0.25) is 0 Å². The van der Waals surface area contributed by atoms with Gasteiger partial charge in [-0.25, -0.2) is 4.39 Å². The van der Waals surface area contributed by atoms with E-state index in [0.717, 1.165) is 0 Å². The Morgan fingerprint density at radius 3 is 2.62 bits per heavy atom. The lowest BCUT2D eigenvalue weighted by atomic mass is 10.1. The maximum atomic E-state index is 13.0. The van der Waals surface area contributed by atoms with E-state index in [1.165, 1.54) is 6.20 Å². The average Bonchev–Trinajstić information content (AvgIpc) is 2.12. The number of nitrogens with zero attached hydrogens (tertiary/aromatic N) is 1. The van der Waals surface area contributed by atoms with Gasteiger partial charge in [0.25, 0.3) is 0 Å². The Morgan fingerprint density at radius 2 is 2.06 bits per heavy atom. The summed E-state index contributed by atoms with van der Waals surface area (Å²) in [5.74, 6) is 5.42. The van der Waals surface area contributed by atoms with Gasteiger partial charge in [-0.05, 0) is 13.8 Å². The van der Waals surface area contributed by atoms with E-state index in [2.05, 4.69) is 16.8 Å². The fourth-order valence-electron chi connectivity index (χ4n) is 0.933. The molecule has 0 aliphatic carbocycles. The largest absolute Gasteiger partial charge is 0.327 e. The lowest BCUT2D eigenvalue weighted by Gasteiger charge is -1.98. The molecule has 16 heavy (non-hydrogen) atoms. The van der Waals surface area contributed by atoms with Gasteiger partial charge in [0.15, 0.2) is 0 Å². The fraction of sp³-hybridized carbons (Fsp3) is 0.364. The maximum Gasteiger partial charge on any atom is 0.145 e. The lowest BCUT2D eigenvalue weighted by Crippen LogP contribution is -2.12. The summed E-state index contributed by atoms with van der Waals surface area (Å²) in [6, 6.07) is 0.0457. The molecule has 0 spiro atoms. The van der Waals surface area contributed by atoms with Gasteiger partial charge >= 0.3 is 0 Å². The van der Waals surface area contributed by atoms with Crippen LogP contribution in [-0.4, -0.2) is 11.0 Å². The molecule has 0 unspecified atom stereocenters. The van der Waals surface area contributed by atoms with E-state index in [9.17, 15) is 4.39 Å². The molecule has 2 nitrogen and oxygen atoms in total. The van der Waals surface area contributed by atoms with Crippen LogP contribution in [0.4, 0.5) is 4.39 Å². The molecule has 0 bridgehead atoms. The summed E-state index contributed by atoms with van der Waals surface area (Å²) in [5, 5.41) is 0. The highest BCUT2D eigenvalue weighted by molar-refractivity contribution is 5.85. The standard InChI is InChI=1S/C11H13FN2.2ClH/c1-8(13)4-3-5-10-6-14-7-11(12)9(10)2;;/h6-8H,4,13H2,1-2H3;2*1H/t8-;;/m0../s1. The number of pyridine rings is 1. The molecule has 0 saturated heterocycles. The van der Waals surface area contributed by atoms with Crippen molar-refractivity contribution in [1.29, 1.82) is 0 Å². The molecule has 0 aliphatic rings. The SMILES string of the molecule is Cc1c(F)cncc1C#CC[C@H](C)N.Cl.Cl. The molecule has 90 valence electrons. The Morgan fingerprint density at radius 1 is 1.44 bits per heavy atom. The molecule has 1 rings (SSSR count). The minimum Gasteiger partial charge on any atom is -0.327 e. The number of halogens is 3. The number of nitrogens with two attached hydrogens (primary N) is 1. The molecular formula is C11H15Cl2FN2. The molecule has 2 N–H and O–H groups in total. The molecule has 0 aliphatic heterocycles. The van der Waals surface area contributed by atoms with Crippen LogP contribution in [0.15, 0.2) is 12.4 Å². The molecule has 0 fully saturated rings. The summed E-state index contributed by atoms with van der Waals surface area (Å²) in [6.07, 6.45) is 3.36. The van der Waals surface area contributed by atoms with E-state index in [1.54, 1.807) is 13.1 Å². The zero-order valence-electron chi connectivity index (χ0n) is 9.16. The van der Waals surface area contributed by atoms with Gasteiger partial charge in [-0.1, -0.05) is 11.8 Å². The molecule has 1 aromatic rings. The Hall–Kier alpha value is -0.820. The summed E-state index contributed by atoms with van der Waals surface area (Å²) in [4.78, 5) is 3.73. The number of hydrogen-bond donors (Lipinski definition) is 1. The predicted molar refractivity (Wildman–Crippen MR) is 68.6 cm³/mol. The van der Waals surface area contributed by atoms with Crippen LogP contribution in [0.2, 0.25) is 0 Å². The van der Waals surface area contributed by atoms with Gasteiger partial charge in [0, 0.05) is 29.8 Å². The zero-order chi connectivity index (χ0) is 10.6. The topological polar surface area (TPSA) is 38.9 Å². The third-order valence-electron chi connectivity index (χ3n) is 1.80. The second kappa shape index (κ2) is 8.35. The molecule has 0 radical (unpaired) electrons. The van der Waals surface area contributed by atoms with Gasteiger partial charge in [-0.15, -0.1) is 24.8 Å². The van der Waals surface area contributed by atoms with Crippen molar-refractivity contribution in [3.63, 3.8) is 0 Å². The summed E-state index contributed by atoms with van der Waals surface area (Å²) in [7, 11) is 0. The van der Waals surface area contributed by atoms with Crippen molar-refractivity contribution in [3.05, 3.63) is 29.3 Å². The first-order chi connectivity index (χ1) is 6.61. The average molecular weight is 265 g/mol. The summed E-state index contributed by atoms with van der Waals surface area (Å²) in [5.41, 5.74) is 6.70. The number of aromatic nitrogens is 1. The highest BCUT2D eigenvalue weighted by Gasteiger charge is 2.00. The Kier molecular flexibility index (Phi) is 9.17. The normalized spacial score (nSPS) is 10.2. The van der Waals surface area contributed by atoms with E-state index in [4.69, 9.17) is 5.73 Å². The van der Waals surface area contributed by atoms with Crippen molar-refractivity contribution in [2.45, 2.75) is 26.3 Å². The second-order valence-electron chi connectivity index (χ2n) is 3.28. The quantitative estimate of drug-likeness (QED) is 0.792. The van der Waals surface area contributed by atoms with E-state index in [0.29, 0.717) is 17.5 Å². The number of hydrogen-bond acceptors (Lipinski definition) is 2. The van der Waals surface area contributed by atoms with Crippen molar-refractivity contribution in [3.8, 4) is 11.8 Å². The van der Waals surface area contributed by atoms with Crippen LogP contribution >= 0.6 is 24.8 Å². The zero-order valence-corrected chi connectivity index (χ0v) is 10.8. The van der Waals surface area contributed by atoms with E-state index >= 15 is 0 Å². The maximum absolute atomic E-state index is 13.0. The van der Waals surface area contributed by atoms with Crippen LogP contribution in [0.1, 0.15) is 24.5 Å². The first-order valence-corrected chi connectivity index (χ1v) is 4.46. The minimum atomic E-state index is -0.322. The molecule has 1 aromatic heterocycles. The highest BCUT2D eigenvalue weighted by Crippen LogP contribution is 2.08. The van der Waals surface area contributed by atoms with E-state index in [-0.39, 0.29) is 36.7 Å². The van der Waals surface area contributed by atoms with Crippen molar-refractivity contribution in [1.82, 2.24) is 4.98 Å². The first-order valence-electron chi connectivity index (χ1n) is 4.46. The molecular weight excluding hydrogens is 250 g/mol. The Bertz CT molecular complexity index is 383. The van der Waals surface area contributed by atoms with Crippen molar-refractivity contribution >= 4 is 24.8 Å². The third kappa shape index (κ3) is 5.32. The highest BCUT2D eigenvalue weighted by atomic mass is 35.5. The Labute approximate surface area is 108 Å². The van der Waals surface area contributed by atoms with Gasteiger partial charge in [0.05, 0.1) is 6.20 Å². The summed E-state index contributed by atoms with van der Waals surface area (Å²) in [6.45, 7) is 3.57. The predicted octanol–water partition coefficient (Wildman–Crippen LogP) is 2.46. The van der Waals surface area contributed by atoms with Gasteiger partial charge in [-0.2, -0.15) is 0 Å².